The van der Waals surface area contributed by atoms with Crippen molar-refractivity contribution in [3.8, 4) is 28.6 Å². The third-order valence-electron chi connectivity index (χ3n) is 6.11. The van der Waals surface area contributed by atoms with Gasteiger partial charge < -0.3 is 14.4 Å². The highest BCUT2D eigenvalue weighted by Gasteiger charge is 2.31. The quantitative estimate of drug-likeness (QED) is 0.188. The van der Waals surface area contributed by atoms with Crippen molar-refractivity contribution in [3.05, 3.63) is 84.2 Å². The summed E-state index contributed by atoms with van der Waals surface area (Å²) in [5.41, 5.74) is 4.37. The number of amidine groups is 1. The minimum atomic E-state index is -4.74. The summed E-state index contributed by atoms with van der Waals surface area (Å²) in [6.45, 7) is 4.21. The first-order chi connectivity index (χ1) is 19.2. The molecule has 1 aliphatic rings. The molecule has 1 aliphatic heterocycles. The molecule has 0 bridgehead atoms. The van der Waals surface area contributed by atoms with Gasteiger partial charge in [-0.3, -0.25) is 0 Å². The van der Waals surface area contributed by atoms with Gasteiger partial charge in [0.25, 0.3) is 0 Å². The SMILES string of the molecule is COc1ccc(N2C(=NN=Cc3ccc(-c4ncn(-c5ccc(OC(F)(F)F)cc5)n4)cc3)SCC2C)c(C)c1. The van der Waals surface area contributed by atoms with Crippen LogP contribution in [0, 0.1) is 6.92 Å². The molecule has 1 saturated heterocycles. The summed E-state index contributed by atoms with van der Waals surface area (Å²) in [4.78, 5) is 6.51. The van der Waals surface area contributed by atoms with Crippen LogP contribution in [0.1, 0.15) is 18.1 Å². The summed E-state index contributed by atoms with van der Waals surface area (Å²) in [6.07, 6.45) is -1.55. The molecule has 0 saturated carbocycles. The predicted octanol–water partition coefficient (Wildman–Crippen LogP) is 6.48. The summed E-state index contributed by atoms with van der Waals surface area (Å²) >= 11 is 1.67. The number of hydrogen-bond acceptors (Lipinski definition) is 7. The normalized spacial score (nSPS) is 16.7. The number of methoxy groups -OCH3 is 1. The second kappa shape index (κ2) is 11.4. The van der Waals surface area contributed by atoms with E-state index < -0.39 is 6.36 Å². The summed E-state index contributed by atoms with van der Waals surface area (Å²) < 4.78 is 47.9. The maximum Gasteiger partial charge on any atom is 0.573 e. The van der Waals surface area contributed by atoms with Crippen LogP contribution in [0.2, 0.25) is 0 Å². The van der Waals surface area contributed by atoms with Crippen LogP contribution in [0.3, 0.4) is 0 Å². The average molecular weight is 567 g/mol. The highest BCUT2D eigenvalue weighted by atomic mass is 32.2. The Labute approximate surface area is 233 Å². The van der Waals surface area contributed by atoms with E-state index in [-0.39, 0.29) is 11.8 Å². The summed E-state index contributed by atoms with van der Waals surface area (Å²) in [5, 5.41) is 14.1. The third-order valence-corrected chi connectivity index (χ3v) is 7.30. The number of thioether (sulfide) groups is 1. The van der Waals surface area contributed by atoms with Gasteiger partial charge in [-0.15, -0.1) is 23.4 Å². The monoisotopic (exact) mass is 566 g/mol. The van der Waals surface area contributed by atoms with Crippen molar-refractivity contribution in [3.63, 3.8) is 0 Å². The second-order valence-electron chi connectivity index (χ2n) is 8.99. The number of anilines is 1. The molecule has 206 valence electrons. The molecule has 12 heteroatoms. The maximum atomic E-state index is 12.4. The van der Waals surface area contributed by atoms with Gasteiger partial charge in [-0.25, -0.2) is 9.67 Å². The smallest absolute Gasteiger partial charge is 0.497 e. The Hall–Kier alpha value is -4.32. The molecule has 1 aromatic heterocycles. The topological polar surface area (TPSA) is 77.1 Å². The van der Waals surface area contributed by atoms with Gasteiger partial charge in [-0.1, -0.05) is 36.0 Å². The van der Waals surface area contributed by atoms with Crippen molar-refractivity contribution in [2.75, 3.05) is 17.8 Å². The van der Waals surface area contributed by atoms with E-state index >= 15 is 0 Å². The lowest BCUT2D eigenvalue weighted by atomic mass is 10.1. The van der Waals surface area contributed by atoms with Crippen molar-refractivity contribution >= 4 is 28.8 Å². The fourth-order valence-electron chi connectivity index (χ4n) is 4.15. The number of benzene rings is 3. The van der Waals surface area contributed by atoms with E-state index in [4.69, 9.17) is 4.74 Å². The molecule has 3 aromatic carbocycles. The second-order valence-corrected chi connectivity index (χ2v) is 9.97. The lowest BCUT2D eigenvalue weighted by molar-refractivity contribution is -0.274. The Morgan fingerprint density at radius 3 is 2.42 bits per heavy atom. The van der Waals surface area contributed by atoms with Crippen molar-refractivity contribution < 1.29 is 22.6 Å². The Morgan fingerprint density at radius 1 is 1.02 bits per heavy atom. The third kappa shape index (κ3) is 6.28. The van der Waals surface area contributed by atoms with Crippen LogP contribution in [-0.4, -0.2) is 51.4 Å². The van der Waals surface area contributed by atoms with Crippen LogP contribution in [-0.2, 0) is 0 Å². The van der Waals surface area contributed by atoms with Crippen LogP contribution in [0.5, 0.6) is 11.5 Å². The summed E-state index contributed by atoms with van der Waals surface area (Å²) in [7, 11) is 1.66. The predicted molar refractivity (Wildman–Crippen MR) is 151 cm³/mol. The largest absolute Gasteiger partial charge is 0.573 e. The van der Waals surface area contributed by atoms with Gasteiger partial charge in [0.15, 0.2) is 11.0 Å². The van der Waals surface area contributed by atoms with E-state index in [1.807, 2.05) is 42.5 Å². The highest BCUT2D eigenvalue weighted by Crippen LogP contribution is 2.34. The molecule has 0 N–H and O–H groups in total. The molecule has 0 amide bonds. The lowest BCUT2D eigenvalue weighted by Crippen LogP contribution is -2.32. The molecular weight excluding hydrogens is 541 g/mol. The molecule has 1 fully saturated rings. The van der Waals surface area contributed by atoms with Crippen LogP contribution in [0.25, 0.3) is 17.1 Å². The molecule has 1 atom stereocenters. The number of rotatable bonds is 7. The van der Waals surface area contributed by atoms with E-state index in [1.54, 1.807) is 25.1 Å². The average Bonchev–Trinajstić information content (AvgIpc) is 3.56. The number of nitrogens with zero attached hydrogens (tertiary/aromatic N) is 6. The molecule has 0 radical (unpaired) electrons. The van der Waals surface area contributed by atoms with E-state index in [1.165, 1.54) is 35.3 Å². The van der Waals surface area contributed by atoms with E-state index in [0.29, 0.717) is 11.5 Å². The van der Waals surface area contributed by atoms with Gasteiger partial charge in [-0.2, -0.15) is 5.10 Å². The molecule has 0 spiro atoms. The van der Waals surface area contributed by atoms with Gasteiger partial charge in [0, 0.05) is 23.0 Å². The number of aromatic nitrogens is 3. The number of aryl methyl sites for hydroxylation is 1. The van der Waals surface area contributed by atoms with Crippen LogP contribution in [0.4, 0.5) is 18.9 Å². The molecule has 8 nitrogen and oxygen atoms in total. The molecule has 4 aromatic rings. The van der Waals surface area contributed by atoms with E-state index in [0.717, 1.165) is 39.0 Å². The van der Waals surface area contributed by atoms with E-state index in [2.05, 4.69) is 43.8 Å². The van der Waals surface area contributed by atoms with Crippen molar-refractivity contribution in [2.24, 2.45) is 10.2 Å². The lowest BCUT2D eigenvalue weighted by Gasteiger charge is -2.24. The van der Waals surface area contributed by atoms with Crippen molar-refractivity contribution in [2.45, 2.75) is 26.3 Å². The number of halogens is 3. The first-order valence-corrected chi connectivity index (χ1v) is 13.2. The molecule has 2 heterocycles. The van der Waals surface area contributed by atoms with Gasteiger partial charge >= 0.3 is 6.36 Å². The fourth-order valence-corrected chi connectivity index (χ4v) is 5.22. The van der Waals surface area contributed by atoms with Crippen molar-refractivity contribution in [1.29, 1.82) is 0 Å². The van der Waals surface area contributed by atoms with Gasteiger partial charge in [0.05, 0.1) is 19.0 Å². The Morgan fingerprint density at radius 2 is 1.75 bits per heavy atom. The van der Waals surface area contributed by atoms with Gasteiger partial charge in [-0.05, 0) is 67.4 Å². The molecule has 1 unspecified atom stereocenters. The highest BCUT2D eigenvalue weighted by molar-refractivity contribution is 8.14. The van der Waals surface area contributed by atoms with E-state index in [9.17, 15) is 13.2 Å². The molecule has 40 heavy (non-hydrogen) atoms. The molecule has 5 rings (SSSR count). The number of alkyl halides is 3. The van der Waals surface area contributed by atoms with Gasteiger partial charge in [0.2, 0.25) is 0 Å². The first-order valence-electron chi connectivity index (χ1n) is 12.3. The zero-order valence-corrected chi connectivity index (χ0v) is 22.6. The van der Waals surface area contributed by atoms with Crippen LogP contribution < -0.4 is 14.4 Å². The molecular formula is C28H25F3N6O2S. The minimum absolute atomic E-state index is 0.281. The minimum Gasteiger partial charge on any atom is -0.497 e. The Balaban J connectivity index is 1.26. The molecule has 0 aliphatic carbocycles. The number of hydrogen-bond donors (Lipinski definition) is 0. The first kappa shape index (κ1) is 27.3. The zero-order valence-electron chi connectivity index (χ0n) is 21.8. The van der Waals surface area contributed by atoms with Crippen molar-refractivity contribution in [1.82, 2.24) is 14.8 Å². The van der Waals surface area contributed by atoms with Gasteiger partial charge in [0.1, 0.15) is 17.8 Å². The fraction of sp³-hybridized carbons (Fsp3) is 0.214. The number of ether oxygens (including phenoxy) is 2. The van der Waals surface area contributed by atoms with Crippen LogP contribution >= 0.6 is 11.8 Å². The van der Waals surface area contributed by atoms with Crippen LogP contribution in [0.15, 0.2) is 83.3 Å². The Bertz CT molecular complexity index is 1540. The zero-order chi connectivity index (χ0) is 28.3. The summed E-state index contributed by atoms with van der Waals surface area (Å²) in [5.74, 6) is 1.90. The standard InChI is InChI=1S/C28H25F3N6O2S/c1-18-14-24(38-3)12-13-25(18)37-19(2)16-40-27(37)34-33-15-20-4-6-21(7-5-20)26-32-17-36(35-26)22-8-10-23(11-9-22)39-28(29,30)31/h4-15,17,19H,16H2,1-3H3. The Kier molecular flexibility index (Phi) is 7.78. The maximum absolute atomic E-state index is 12.4. The summed E-state index contributed by atoms with van der Waals surface area (Å²) in [6, 6.07) is 19.2.